The van der Waals surface area contributed by atoms with E-state index in [2.05, 4.69) is 15.2 Å². The minimum Gasteiger partial charge on any atom is -0.435 e. The molecule has 0 saturated heterocycles. The molecule has 0 bridgehead atoms. The first-order valence-electron chi connectivity index (χ1n) is 5.74. The van der Waals surface area contributed by atoms with Crippen molar-refractivity contribution in [1.82, 2.24) is 15.2 Å². The number of fused-ring (bicyclic) bond motifs is 1. The van der Waals surface area contributed by atoms with E-state index < -0.39 is 0 Å². The minimum atomic E-state index is 0.449. The van der Waals surface area contributed by atoms with Crippen LogP contribution < -0.4 is 4.74 Å². The predicted molar refractivity (Wildman–Crippen MR) is 73.6 cm³/mol. The molecule has 3 rings (SSSR count). The van der Waals surface area contributed by atoms with Crippen molar-refractivity contribution < 1.29 is 4.74 Å². The summed E-state index contributed by atoms with van der Waals surface area (Å²) in [6, 6.07) is 9.52. The number of hydrogen-bond acceptors (Lipinski definition) is 4. The van der Waals surface area contributed by atoms with Crippen LogP contribution in [0, 0.1) is 6.92 Å². The van der Waals surface area contributed by atoms with Crippen LogP contribution in [-0.4, -0.2) is 15.2 Å². The highest BCUT2D eigenvalue weighted by Gasteiger charge is 2.08. The normalized spacial score (nSPS) is 10.6. The number of rotatable bonds is 2. The highest BCUT2D eigenvalue weighted by molar-refractivity contribution is 6.30. The molecule has 0 aliphatic heterocycles. The minimum absolute atomic E-state index is 0.449. The van der Waals surface area contributed by atoms with Crippen LogP contribution in [-0.2, 0) is 0 Å². The average molecular weight is 272 g/mol. The van der Waals surface area contributed by atoms with Gasteiger partial charge in [0.15, 0.2) is 0 Å². The fourth-order valence-electron chi connectivity index (χ4n) is 1.85. The zero-order chi connectivity index (χ0) is 13.2. The third kappa shape index (κ3) is 2.35. The highest BCUT2D eigenvalue weighted by Crippen LogP contribution is 2.28. The monoisotopic (exact) mass is 271 g/mol. The molecule has 1 aromatic carbocycles. The molecular weight excluding hydrogens is 262 g/mol. The number of aryl methyl sites for hydroxylation is 1. The van der Waals surface area contributed by atoms with E-state index in [1.165, 1.54) is 0 Å². The SMILES string of the molecule is Cc1nnc(Oc2cncc(Cl)c2)c2ccccc12. The second-order valence-electron chi connectivity index (χ2n) is 4.08. The molecule has 0 saturated carbocycles. The molecule has 0 fully saturated rings. The molecule has 0 aliphatic carbocycles. The summed E-state index contributed by atoms with van der Waals surface area (Å²) in [5, 5.41) is 10.6. The molecule has 2 aromatic heterocycles. The molecule has 4 nitrogen and oxygen atoms in total. The largest absolute Gasteiger partial charge is 0.435 e. The average Bonchev–Trinajstić information content (AvgIpc) is 2.42. The molecule has 0 aliphatic rings. The molecule has 5 heteroatoms. The van der Waals surface area contributed by atoms with Crippen LogP contribution >= 0.6 is 11.6 Å². The lowest BCUT2D eigenvalue weighted by molar-refractivity contribution is 0.459. The van der Waals surface area contributed by atoms with Crippen molar-refractivity contribution in [3.8, 4) is 11.6 Å². The van der Waals surface area contributed by atoms with E-state index in [-0.39, 0.29) is 0 Å². The summed E-state index contributed by atoms with van der Waals surface area (Å²) < 4.78 is 5.71. The topological polar surface area (TPSA) is 47.9 Å². The molecule has 0 spiro atoms. The number of halogens is 1. The van der Waals surface area contributed by atoms with E-state index in [9.17, 15) is 0 Å². The molecule has 0 N–H and O–H groups in total. The van der Waals surface area contributed by atoms with Crippen molar-refractivity contribution in [2.24, 2.45) is 0 Å². The van der Waals surface area contributed by atoms with Gasteiger partial charge < -0.3 is 4.74 Å². The van der Waals surface area contributed by atoms with Gasteiger partial charge in [0.1, 0.15) is 5.75 Å². The third-order valence-corrected chi connectivity index (χ3v) is 2.94. The van der Waals surface area contributed by atoms with Gasteiger partial charge in [-0.15, -0.1) is 5.10 Å². The predicted octanol–water partition coefficient (Wildman–Crippen LogP) is 3.78. The standard InChI is InChI=1S/C14H10ClN3O/c1-9-12-4-2-3-5-13(12)14(18-17-9)19-11-6-10(15)7-16-8-11/h2-8H,1H3. The number of hydrogen-bond donors (Lipinski definition) is 0. The van der Waals surface area contributed by atoms with Gasteiger partial charge in [-0.2, -0.15) is 5.10 Å². The Hall–Kier alpha value is -2.20. The third-order valence-electron chi connectivity index (χ3n) is 2.73. The summed E-state index contributed by atoms with van der Waals surface area (Å²) >= 11 is 5.88. The maximum absolute atomic E-state index is 5.88. The molecule has 19 heavy (non-hydrogen) atoms. The zero-order valence-corrected chi connectivity index (χ0v) is 10.9. The molecule has 0 radical (unpaired) electrons. The maximum Gasteiger partial charge on any atom is 0.246 e. The van der Waals surface area contributed by atoms with Crippen LogP contribution in [0.4, 0.5) is 0 Å². The van der Waals surface area contributed by atoms with Crippen molar-refractivity contribution in [3.05, 3.63) is 53.4 Å². The van der Waals surface area contributed by atoms with Crippen molar-refractivity contribution in [2.75, 3.05) is 0 Å². The Morgan fingerprint density at radius 1 is 1.05 bits per heavy atom. The fourth-order valence-corrected chi connectivity index (χ4v) is 2.01. The van der Waals surface area contributed by atoms with Gasteiger partial charge in [-0.3, -0.25) is 4.98 Å². The Bertz CT molecular complexity index is 746. The molecular formula is C14H10ClN3O. The lowest BCUT2D eigenvalue weighted by Crippen LogP contribution is -1.95. The Labute approximate surface area is 115 Å². The molecule has 2 heterocycles. The van der Waals surface area contributed by atoms with Crippen molar-refractivity contribution >= 4 is 22.4 Å². The number of ether oxygens (including phenoxy) is 1. The molecule has 0 amide bonds. The van der Waals surface area contributed by atoms with Crippen LogP contribution in [0.2, 0.25) is 5.02 Å². The van der Waals surface area contributed by atoms with E-state index in [0.717, 1.165) is 16.5 Å². The number of aromatic nitrogens is 3. The first-order chi connectivity index (χ1) is 9.24. The summed E-state index contributed by atoms with van der Waals surface area (Å²) in [4.78, 5) is 3.97. The van der Waals surface area contributed by atoms with Crippen molar-refractivity contribution in [2.45, 2.75) is 6.92 Å². The Kier molecular flexibility index (Phi) is 3.01. The van der Waals surface area contributed by atoms with Crippen LogP contribution in [0.15, 0.2) is 42.7 Å². The number of benzene rings is 1. The summed E-state index contributed by atoms with van der Waals surface area (Å²) in [6.07, 6.45) is 3.13. The van der Waals surface area contributed by atoms with Crippen LogP contribution in [0.5, 0.6) is 11.6 Å². The smallest absolute Gasteiger partial charge is 0.246 e. The molecule has 0 atom stereocenters. The molecule has 94 valence electrons. The van der Waals surface area contributed by atoms with Gasteiger partial charge in [0.25, 0.3) is 0 Å². The van der Waals surface area contributed by atoms with E-state index in [1.54, 1.807) is 18.5 Å². The lowest BCUT2D eigenvalue weighted by Gasteiger charge is -2.08. The second kappa shape index (κ2) is 4.82. The van der Waals surface area contributed by atoms with Gasteiger partial charge in [0.05, 0.1) is 16.9 Å². The molecule has 3 aromatic rings. The van der Waals surface area contributed by atoms with Crippen molar-refractivity contribution in [1.29, 1.82) is 0 Å². The van der Waals surface area contributed by atoms with Gasteiger partial charge in [0, 0.05) is 23.0 Å². The first-order valence-corrected chi connectivity index (χ1v) is 6.12. The van der Waals surface area contributed by atoms with Gasteiger partial charge >= 0.3 is 0 Å². The van der Waals surface area contributed by atoms with Gasteiger partial charge in [0.2, 0.25) is 5.88 Å². The van der Waals surface area contributed by atoms with Gasteiger partial charge in [-0.1, -0.05) is 29.8 Å². The Balaban J connectivity index is 2.09. The Morgan fingerprint density at radius 3 is 2.63 bits per heavy atom. The van der Waals surface area contributed by atoms with Crippen LogP contribution in [0.25, 0.3) is 10.8 Å². The number of nitrogens with zero attached hydrogens (tertiary/aromatic N) is 3. The van der Waals surface area contributed by atoms with E-state index in [1.807, 2.05) is 31.2 Å². The maximum atomic E-state index is 5.88. The summed E-state index contributed by atoms with van der Waals surface area (Å²) in [5.41, 5.74) is 0.868. The van der Waals surface area contributed by atoms with Crippen LogP contribution in [0.1, 0.15) is 5.69 Å². The highest BCUT2D eigenvalue weighted by atomic mass is 35.5. The summed E-state index contributed by atoms with van der Waals surface area (Å²) in [5.74, 6) is 0.987. The Morgan fingerprint density at radius 2 is 1.84 bits per heavy atom. The first kappa shape index (κ1) is 11.9. The van der Waals surface area contributed by atoms with Gasteiger partial charge in [-0.25, -0.2) is 0 Å². The van der Waals surface area contributed by atoms with E-state index in [4.69, 9.17) is 16.3 Å². The zero-order valence-electron chi connectivity index (χ0n) is 10.2. The van der Waals surface area contributed by atoms with Crippen LogP contribution in [0.3, 0.4) is 0 Å². The van der Waals surface area contributed by atoms with E-state index >= 15 is 0 Å². The van der Waals surface area contributed by atoms with E-state index in [0.29, 0.717) is 16.7 Å². The summed E-state index contributed by atoms with van der Waals surface area (Å²) in [7, 11) is 0. The lowest BCUT2D eigenvalue weighted by atomic mass is 10.1. The second-order valence-corrected chi connectivity index (χ2v) is 4.51. The van der Waals surface area contributed by atoms with Gasteiger partial charge in [-0.05, 0) is 13.0 Å². The van der Waals surface area contributed by atoms with Crippen molar-refractivity contribution in [3.63, 3.8) is 0 Å². The summed E-state index contributed by atoms with van der Waals surface area (Å²) in [6.45, 7) is 1.92. The fraction of sp³-hybridized carbons (Fsp3) is 0.0714. The quantitative estimate of drug-likeness (QED) is 0.712. The molecule has 0 unspecified atom stereocenters. The number of pyridine rings is 1.